The van der Waals surface area contributed by atoms with E-state index in [-0.39, 0.29) is 24.3 Å². The van der Waals surface area contributed by atoms with E-state index in [4.69, 9.17) is 10.5 Å². The fourth-order valence-corrected chi connectivity index (χ4v) is 2.78. The van der Waals surface area contributed by atoms with Gasteiger partial charge < -0.3 is 15.4 Å². The molecular weight excluding hydrogens is 324 g/mol. The van der Waals surface area contributed by atoms with Gasteiger partial charge in [0.25, 0.3) is 5.91 Å². The summed E-state index contributed by atoms with van der Waals surface area (Å²) in [6.45, 7) is 2.90. The van der Waals surface area contributed by atoms with Crippen LogP contribution in [-0.4, -0.2) is 36.4 Å². The summed E-state index contributed by atoms with van der Waals surface area (Å²) in [5.74, 6) is -0.0663. The van der Waals surface area contributed by atoms with Gasteiger partial charge in [-0.1, -0.05) is 6.07 Å². The monoisotopic (exact) mass is 340 g/mol. The van der Waals surface area contributed by atoms with E-state index >= 15 is 0 Å². The van der Waals surface area contributed by atoms with Crippen LogP contribution in [0, 0.1) is 12.8 Å². The maximum atomic E-state index is 12.0. The molecule has 0 bridgehead atoms. The van der Waals surface area contributed by atoms with E-state index in [0.717, 1.165) is 10.0 Å². The predicted octanol–water partition coefficient (Wildman–Crippen LogP) is 1.47. The fraction of sp³-hybridized carbons (Fsp3) is 0.429. The number of primary amides is 1. The second-order valence-electron chi connectivity index (χ2n) is 4.95. The third kappa shape index (κ3) is 3.50. The summed E-state index contributed by atoms with van der Waals surface area (Å²) in [5.41, 5.74) is 6.36. The topological polar surface area (TPSA) is 72.6 Å². The van der Waals surface area contributed by atoms with Crippen molar-refractivity contribution in [2.45, 2.75) is 13.3 Å². The Morgan fingerprint density at radius 2 is 2.25 bits per heavy atom. The van der Waals surface area contributed by atoms with E-state index < -0.39 is 0 Å². The van der Waals surface area contributed by atoms with Crippen LogP contribution in [-0.2, 0) is 9.59 Å². The molecule has 0 spiro atoms. The van der Waals surface area contributed by atoms with Gasteiger partial charge in [0.2, 0.25) is 5.91 Å². The van der Waals surface area contributed by atoms with Gasteiger partial charge in [-0.3, -0.25) is 9.59 Å². The Bertz CT molecular complexity index is 533. The number of nitrogens with zero attached hydrogens (tertiary/aromatic N) is 1. The zero-order chi connectivity index (χ0) is 14.7. The van der Waals surface area contributed by atoms with Gasteiger partial charge >= 0.3 is 0 Å². The molecule has 2 N–H and O–H groups in total. The van der Waals surface area contributed by atoms with Gasteiger partial charge in [-0.25, -0.2) is 0 Å². The summed E-state index contributed by atoms with van der Waals surface area (Å²) >= 11 is 3.40. The largest absolute Gasteiger partial charge is 0.483 e. The van der Waals surface area contributed by atoms with Crippen molar-refractivity contribution in [2.24, 2.45) is 11.7 Å². The molecule has 1 fully saturated rings. The van der Waals surface area contributed by atoms with Gasteiger partial charge in [0.1, 0.15) is 5.75 Å². The molecule has 20 heavy (non-hydrogen) atoms. The molecule has 1 aliphatic heterocycles. The van der Waals surface area contributed by atoms with Gasteiger partial charge in [-0.05, 0) is 47.0 Å². The molecule has 1 atom stereocenters. The molecule has 1 aliphatic rings. The van der Waals surface area contributed by atoms with Crippen LogP contribution >= 0.6 is 15.9 Å². The molecule has 0 unspecified atom stereocenters. The number of amides is 2. The molecule has 1 saturated heterocycles. The smallest absolute Gasteiger partial charge is 0.260 e. The van der Waals surface area contributed by atoms with Crippen LogP contribution < -0.4 is 10.5 Å². The number of aryl methyl sites for hydroxylation is 1. The van der Waals surface area contributed by atoms with Crippen molar-refractivity contribution >= 4 is 27.7 Å². The Morgan fingerprint density at radius 3 is 2.85 bits per heavy atom. The normalized spacial score (nSPS) is 18.1. The van der Waals surface area contributed by atoms with E-state index in [2.05, 4.69) is 15.9 Å². The molecule has 2 rings (SSSR count). The molecule has 1 heterocycles. The molecule has 0 aromatic heterocycles. The Kier molecular flexibility index (Phi) is 4.65. The molecule has 1 aromatic carbocycles. The SMILES string of the molecule is Cc1ccc(OCC(=O)N2CC[C@H](C(N)=O)C2)c(Br)c1. The summed E-state index contributed by atoms with van der Waals surface area (Å²) in [6.07, 6.45) is 0.634. The van der Waals surface area contributed by atoms with Gasteiger partial charge in [-0.15, -0.1) is 0 Å². The first-order valence-corrected chi connectivity index (χ1v) is 7.22. The van der Waals surface area contributed by atoms with Crippen molar-refractivity contribution < 1.29 is 14.3 Å². The number of ether oxygens (including phenoxy) is 1. The second-order valence-corrected chi connectivity index (χ2v) is 5.80. The summed E-state index contributed by atoms with van der Waals surface area (Å²) in [7, 11) is 0. The van der Waals surface area contributed by atoms with E-state index in [0.29, 0.717) is 25.3 Å². The van der Waals surface area contributed by atoms with Gasteiger partial charge in [0, 0.05) is 13.1 Å². The minimum absolute atomic E-state index is 0.0346. The molecule has 108 valence electrons. The molecule has 5 nitrogen and oxygen atoms in total. The first kappa shape index (κ1) is 14.8. The van der Waals surface area contributed by atoms with Crippen LogP contribution in [0.5, 0.6) is 5.75 Å². The lowest BCUT2D eigenvalue weighted by Gasteiger charge is -2.16. The van der Waals surface area contributed by atoms with E-state index in [9.17, 15) is 9.59 Å². The maximum Gasteiger partial charge on any atom is 0.260 e. The van der Waals surface area contributed by atoms with Crippen molar-refractivity contribution in [1.82, 2.24) is 4.90 Å². The summed E-state index contributed by atoms with van der Waals surface area (Å²) in [4.78, 5) is 24.7. The molecule has 0 radical (unpaired) electrons. The first-order valence-electron chi connectivity index (χ1n) is 6.43. The van der Waals surface area contributed by atoms with Crippen molar-refractivity contribution in [3.63, 3.8) is 0 Å². The number of nitrogens with two attached hydrogens (primary N) is 1. The predicted molar refractivity (Wildman–Crippen MR) is 78.3 cm³/mol. The lowest BCUT2D eigenvalue weighted by molar-refractivity contribution is -0.132. The van der Waals surface area contributed by atoms with Crippen LogP contribution in [0.15, 0.2) is 22.7 Å². The average molecular weight is 341 g/mol. The molecule has 6 heteroatoms. The number of likely N-dealkylation sites (tertiary alicyclic amines) is 1. The molecule has 1 aromatic rings. The lowest BCUT2D eigenvalue weighted by Crippen LogP contribution is -2.34. The summed E-state index contributed by atoms with van der Waals surface area (Å²) in [6, 6.07) is 5.67. The zero-order valence-corrected chi connectivity index (χ0v) is 12.9. The molecule has 0 aliphatic carbocycles. The van der Waals surface area contributed by atoms with E-state index in [1.165, 1.54) is 0 Å². The van der Waals surface area contributed by atoms with E-state index in [1.807, 2.05) is 25.1 Å². The van der Waals surface area contributed by atoms with Gasteiger partial charge in [0.05, 0.1) is 10.4 Å². The lowest BCUT2D eigenvalue weighted by atomic mass is 10.1. The number of rotatable bonds is 4. The van der Waals surface area contributed by atoms with Crippen LogP contribution in [0.25, 0.3) is 0 Å². The van der Waals surface area contributed by atoms with Crippen molar-refractivity contribution in [2.75, 3.05) is 19.7 Å². The minimum Gasteiger partial charge on any atom is -0.483 e. The third-order valence-corrected chi connectivity index (χ3v) is 4.00. The van der Waals surface area contributed by atoms with E-state index in [1.54, 1.807) is 4.90 Å². The highest BCUT2D eigenvalue weighted by Gasteiger charge is 2.29. The minimum atomic E-state index is -0.345. The standard InChI is InChI=1S/C14H17BrN2O3/c1-9-2-3-12(11(15)6-9)20-8-13(18)17-5-4-10(7-17)14(16)19/h2-3,6,10H,4-5,7-8H2,1H3,(H2,16,19)/t10-/m0/s1. The summed E-state index contributed by atoms with van der Waals surface area (Å²) in [5, 5.41) is 0. The highest BCUT2D eigenvalue weighted by Crippen LogP contribution is 2.26. The van der Waals surface area contributed by atoms with Crippen LogP contribution in [0.4, 0.5) is 0 Å². The highest BCUT2D eigenvalue weighted by molar-refractivity contribution is 9.10. The Hall–Kier alpha value is -1.56. The molecule has 2 amide bonds. The van der Waals surface area contributed by atoms with Crippen molar-refractivity contribution in [3.05, 3.63) is 28.2 Å². The Labute approximate surface area is 126 Å². The summed E-state index contributed by atoms with van der Waals surface area (Å²) < 4.78 is 6.33. The third-order valence-electron chi connectivity index (χ3n) is 3.38. The number of hydrogen-bond donors (Lipinski definition) is 1. The average Bonchev–Trinajstić information content (AvgIpc) is 2.87. The number of benzene rings is 1. The second kappa shape index (κ2) is 6.26. The first-order chi connectivity index (χ1) is 9.47. The van der Waals surface area contributed by atoms with Gasteiger partial charge in [0.15, 0.2) is 6.61 Å². The Balaban J connectivity index is 1.88. The maximum absolute atomic E-state index is 12.0. The zero-order valence-electron chi connectivity index (χ0n) is 11.3. The number of halogens is 1. The number of hydrogen-bond acceptors (Lipinski definition) is 3. The molecular formula is C14H17BrN2O3. The molecule has 0 saturated carbocycles. The van der Waals surface area contributed by atoms with Crippen LogP contribution in [0.3, 0.4) is 0 Å². The van der Waals surface area contributed by atoms with Gasteiger partial charge in [-0.2, -0.15) is 0 Å². The van der Waals surface area contributed by atoms with Crippen molar-refractivity contribution in [3.8, 4) is 5.75 Å². The van der Waals surface area contributed by atoms with Crippen LogP contribution in [0.2, 0.25) is 0 Å². The Morgan fingerprint density at radius 1 is 1.50 bits per heavy atom. The quantitative estimate of drug-likeness (QED) is 0.901. The number of carbonyl (C=O) groups is 2. The fourth-order valence-electron chi connectivity index (χ4n) is 2.17. The van der Waals surface area contributed by atoms with Crippen molar-refractivity contribution in [1.29, 1.82) is 0 Å². The highest BCUT2D eigenvalue weighted by atomic mass is 79.9. The number of carbonyl (C=O) groups excluding carboxylic acids is 2. The van der Waals surface area contributed by atoms with Crippen LogP contribution in [0.1, 0.15) is 12.0 Å².